The number of aliphatic hydroxyl groups is 1. The van der Waals surface area contributed by atoms with E-state index in [-0.39, 0.29) is 5.41 Å². The van der Waals surface area contributed by atoms with E-state index in [0.717, 1.165) is 49.9 Å². The highest BCUT2D eigenvalue weighted by Crippen LogP contribution is 2.39. The van der Waals surface area contributed by atoms with Crippen LogP contribution in [-0.4, -0.2) is 52.0 Å². The second kappa shape index (κ2) is 5.81. The summed E-state index contributed by atoms with van der Waals surface area (Å²) in [5.74, 6) is 2.38. The molecular weight excluding hydrogens is 234 g/mol. The summed E-state index contributed by atoms with van der Waals surface area (Å²) in [7, 11) is -0.594. The summed E-state index contributed by atoms with van der Waals surface area (Å²) in [6, 6.07) is 0. The summed E-state index contributed by atoms with van der Waals surface area (Å²) >= 11 is 0. The first-order valence-electron chi connectivity index (χ1n) is 6.82. The van der Waals surface area contributed by atoms with Crippen LogP contribution in [0, 0.1) is 11.3 Å². The number of nitrogens with zero attached hydrogens (tertiary/aromatic N) is 1. The van der Waals surface area contributed by atoms with E-state index in [2.05, 4.69) is 11.8 Å². The van der Waals surface area contributed by atoms with Gasteiger partial charge in [-0.3, -0.25) is 4.21 Å². The lowest BCUT2D eigenvalue weighted by Crippen LogP contribution is -2.47. The SMILES string of the molecule is CC1CCCC(CO)(CN2CCS(=O)CC2)C1. The summed E-state index contributed by atoms with van der Waals surface area (Å²) in [5, 5.41) is 9.76. The van der Waals surface area contributed by atoms with Crippen molar-refractivity contribution in [2.75, 3.05) is 37.7 Å². The van der Waals surface area contributed by atoms with Crippen LogP contribution in [0.25, 0.3) is 0 Å². The Hall–Kier alpha value is 0.0700. The van der Waals surface area contributed by atoms with Crippen LogP contribution in [0.1, 0.15) is 32.6 Å². The molecule has 1 saturated heterocycles. The van der Waals surface area contributed by atoms with E-state index in [4.69, 9.17) is 0 Å². The van der Waals surface area contributed by atoms with E-state index in [1.165, 1.54) is 12.8 Å². The molecule has 0 aromatic carbocycles. The van der Waals surface area contributed by atoms with E-state index in [0.29, 0.717) is 6.61 Å². The van der Waals surface area contributed by atoms with Crippen molar-refractivity contribution in [3.05, 3.63) is 0 Å². The van der Waals surface area contributed by atoms with Crippen LogP contribution in [0.3, 0.4) is 0 Å². The second-order valence-corrected chi connectivity index (χ2v) is 7.68. The summed E-state index contributed by atoms with van der Waals surface area (Å²) in [4.78, 5) is 2.41. The topological polar surface area (TPSA) is 40.5 Å². The average molecular weight is 259 g/mol. The first-order valence-corrected chi connectivity index (χ1v) is 8.31. The minimum atomic E-state index is -0.594. The molecule has 2 atom stereocenters. The zero-order valence-electron chi connectivity index (χ0n) is 10.9. The van der Waals surface area contributed by atoms with E-state index < -0.39 is 10.8 Å². The predicted octanol–water partition coefficient (Wildman–Crippen LogP) is 1.24. The van der Waals surface area contributed by atoms with Gasteiger partial charge in [0, 0.05) is 54.0 Å². The Morgan fingerprint density at radius 1 is 1.41 bits per heavy atom. The molecular formula is C13H25NO2S. The Morgan fingerprint density at radius 3 is 2.71 bits per heavy atom. The molecule has 1 N–H and O–H groups in total. The highest BCUT2D eigenvalue weighted by Gasteiger charge is 2.36. The number of aliphatic hydroxyl groups excluding tert-OH is 1. The minimum Gasteiger partial charge on any atom is -0.396 e. The normalized spacial score (nSPS) is 37.2. The maximum atomic E-state index is 11.3. The quantitative estimate of drug-likeness (QED) is 0.829. The molecule has 0 radical (unpaired) electrons. The lowest BCUT2D eigenvalue weighted by Gasteiger charge is -2.43. The van der Waals surface area contributed by atoms with Gasteiger partial charge in [-0.15, -0.1) is 0 Å². The molecule has 0 amide bonds. The molecule has 1 heterocycles. The van der Waals surface area contributed by atoms with Crippen molar-refractivity contribution < 1.29 is 9.32 Å². The molecule has 1 aliphatic heterocycles. The molecule has 100 valence electrons. The summed E-state index contributed by atoms with van der Waals surface area (Å²) in [6.07, 6.45) is 4.88. The third-order valence-corrected chi connectivity index (χ3v) is 5.63. The minimum absolute atomic E-state index is 0.122. The molecule has 1 saturated carbocycles. The largest absolute Gasteiger partial charge is 0.396 e. The van der Waals surface area contributed by atoms with E-state index in [1.54, 1.807) is 0 Å². The molecule has 2 aliphatic rings. The van der Waals surface area contributed by atoms with Gasteiger partial charge in [-0.05, 0) is 18.8 Å². The number of hydrogen-bond donors (Lipinski definition) is 1. The van der Waals surface area contributed by atoms with Crippen molar-refractivity contribution in [2.24, 2.45) is 11.3 Å². The van der Waals surface area contributed by atoms with Crippen molar-refractivity contribution in [3.63, 3.8) is 0 Å². The van der Waals surface area contributed by atoms with Crippen LogP contribution in [0.2, 0.25) is 0 Å². The molecule has 0 aromatic heterocycles. The Morgan fingerprint density at radius 2 is 2.12 bits per heavy atom. The molecule has 4 heteroatoms. The van der Waals surface area contributed by atoms with Gasteiger partial charge in [0.05, 0.1) is 0 Å². The molecule has 0 spiro atoms. The van der Waals surface area contributed by atoms with Gasteiger partial charge in [-0.2, -0.15) is 0 Å². The zero-order valence-corrected chi connectivity index (χ0v) is 11.7. The Labute approximate surface area is 107 Å². The van der Waals surface area contributed by atoms with Gasteiger partial charge in [0.25, 0.3) is 0 Å². The second-order valence-electron chi connectivity index (χ2n) is 5.98. The predicted molar refractivity (Wildman–Crippen MR) is 71.5 cm³/mol. The van der Waals surface area contributed by atoms with Gasteiger partial charge in [-0.1, -0.05) is 19.8 Å². The van der Waals surface area contributed by atoms with Gasteiger partial charge in [0.2, 0.25) is 0 Å². The highest BCUT2D eigenvalue weighted by atomic mass is 32.2. The molecule has 2 fully saturated rings. The van der Waals surface area contributed by atoms with Crippen LogP contribution < -0.4 is 0 Å². The highest BCUT2D eigenvalue weighted by molar-refractivity contribution is 7.85. The van der Waals surface area contributed by atoms with Crippen LogP contribution in [-0.2, 0) is 10.8 Å². The summed E-state index contributed by atoms with van der Waals surface area (Å²) in [6.45, 7) is 5.52. The maximum absolute atomic E-state index is 11.3. The average Bonchev–Trinajstić information content (AvgIpc) is 2.32. The molecule has 2 unspecified atom stereocenters. The fourth-order valence-electron chi connectivity index (χ4n) is 3.41. The van der Waals surface area contributed by atoms with Crippen molar-refractivity contribution in [2.45, 2.75) is 32.6 Å². The fraction of sp³-hybridized carbons (Fsp3) is 1.00. The number of hydrogen-bond acceptors (Lipinski definition) is 3. The third-order valence-electron chi connectivity index (χ3n) is 4.35. The summed E-state index contributed by atoms with van der Waals surface area (Å²) in [5.41, 5.74) is 0.122. The van der Waals surface area contributed by atoms with Gasteiger partial charge in [0.15, 0.2) is 0 Å². The third kappa shape index (κ3) is 3.52. The maximum Gasteiger partial charge on any atom is 0.0499 e. The van der Waals surface area contributed by atoms with Crippen molar-refractivity contribution >= 4 is 10.8 Å². The lowest BCUT2D eigenvalue weighted by molar-refractivity contribution is 0.0264. The fourth-order valence-corrected chi connectivity index (χ4v) is 4.54. The Balaban J connectivity index is 1.92. The van der Waals surface area contributed by atoms with Gasteiger partial charge >= 0.3 is 0 Å². The molecule has 3 nitrogen and oxygen atoms in total. The van der Waals surface area contributed by atoms with Crippen LogP contribution in [0.15, 0.2) is 0 Å². The Kier molecular flexibility index (Phi) is 4.61. The monoisotopic (exact) mass is 259 g/mol. The molecule has 0 aromatic rings. The first-order chi connectivity index (χ1) is 8.13. The first kappa shape index (κ1) is 13.5. The standard InChI is InChI=1S/C13H25NO2S/c1-12-3-2-4-13(9-12,11-15)10-14-5-7-17(16)8-6-14/h12,15H,2-11H2,1H3. The molecule has 1 aliphatic carbocycles. The van der Waals surface area contributed by atoms with Gasteiger partial charge in [-0.25, -0.2) is 0 Å². The van der Waals surface area contributed by atoms with Gasteiger partial charge in [0.1, 0.15) is 0 Å². The molecule has 2 rings (SSSR count). The van der Waals surface area contributed by atoms with Crippen molar-refractivity contribution in [1.29, 1.82) is 0 Å². The molecule has 0 bridgehead atoms. The van der Waals surface area contributed by atoms with E-state index in [9.17, 15) is 9.32 Å². The lowest BCUT2D eigenvalue weighted by atomic mass is 9.70. The van der Waals surface area contributed by atoms with Crippen molar-refractivity contribution in [3.8, 4) is 0 Å². The summed E-state index contributed by atoms with van der Waals surface area (Å²) < 4.78 is 11.3. The molecule has 17 heavy (non-hydrogen) atoms. The number of rotatable bonds is 3. The van der Waals surface area contributed by atoms with Crippen LogP contribution in [0.4, 0.5) is 0 Å². The zero-order chi connectivity index (χ0) is 12.3. The van der Waals surface area contributed by atoms with E-state index >= 15 is 0 Å². The van der Waals surface area contributed by atoms with Gasteiger partial charge < -0.3 is 10.0 Å². The Bertz CT molecular complexity index is 275. The van der Waals surface area contributed by atoms with E-state index in [1.807, 2.05) is 0 Å². The van der Waals surface area contributed by atoms with Crippen LogP contribution >= 0.6 is 0 Å². The smallest absolute Gasteiger partial charge is 0.0499 e. The van der Waals surface area contributed by atoms with Crippen LogP contribution in [0.5, 0.6) is 0 Å². The van der Waals surface area contributed by atoms with Crippen molar-refractivity contribution in [1.82, 2.24) is 4.90 Å².